The maximum atomic E-state index is 12.1. The molecule has 0 aliphatic heterocycles. The Morgan fingerprint density at radius 1 is 1.55 bits per heavy atom. The van der Waals surface area contributed by atoms with Gasteiger partial charge in [0, 0.05) is 19.0 Å². The Balaban J connectivity index is 2.09. The fraction of sp³-hybridized carbons (Fsp3) is 0.583. The molecule has 20 heavy (non-hydrogen) atoms. The fourth-order valence-electron chi connectivity index (χ4n) is 2.26. The number of ether oxygens (including phenoxy) is 1. The van der Waals surface area contributed by atoms with Crippen molar-refractivity contribution in [2.45, 2.75) is 36.0 Å². The average molecular weight is 318 g/mol. The predicted molar refractivity (Wildman–Crippen MR) is 76.4 cm³/mol. The van der Waals surface area contributed by atoms with Gasteiger partial charge in [0.1, 0.15) is 4.21 Å². The minimum absolute atomic E-state index is 0.0350. The highest BCUT2D eigenvalue weighted by Gasteiger charge is 2.37. The van der Waals surface area contributed by atoms with Gasteiger partial charge in [-0.1, -0.05) is 0 Å². The summed E-state index contributed by atoms with van der Waals surface area (Å²) in [5.74, 6) is -0.294. The van der Waals surface area contributed by atoms with E-state index in [1.54, 1.807) is 14.0 Å². The molecule has 0 aromatic carbocycles. The molecule has 1 aliphatic carbocycles. The summed E-state index contributed by atoms with van der Waals surface area (Å²) in [6.07, 6.45) is 2.94. The first-order chi connectivity index (χ1) is 9.29. The molecule has 0 spiro atoms. The number of nitrogens with two attached hydrogens (primary N) is 1. The van der Waals surface area contributed by atoms with E-state index in [1.165, 1.54) is 5.38 Å². The van der Waals surface area contributed by atoms with Crippen molar-refractivity contribution in [3.63, 3.8) is 0 Å². The van der Waals surface area contributed by atoms with Crippen molar-refractivity contribution in [3.8, 4) is 0 Å². The Labute approximate surface area is 122 Å². The van der Waals surface area contributed by atoms with Gasteiger partial charge in [0.2, 0.25) is 10.0 Å². The molecule has 1 aliphatic rings. The summed E-state index contributed by atoms with van der Waals surface area (Å²) in [5.41, 5.74) is 0.488. The van der Waals surface area contributed by atoms with Crippen LogP contribution in [0.5, 0.6) is 0 Å². The van der Waals surface area contributed by atoms with Crippen molar-refractivity contribution < 1.29 is 17.9 Å². The van der Waals surface area contributed by atoms with Crippen LogP contribution in [0.3, 0.4) is 0 Å². The van der Waals surface area contributed by atoms with E-state index in [2.05, 4.69) is 5.32 Å². The van der Waals surface area contributed by atoms with E-state index in [9.17, 15) is 13.2 Å². The van der Waals surface area contributed by atoms with Crippen molar-refractivity contribution >= 4 is 27.3 Å². The van der Waals surface area contributed by atoms with Gasteiger partial charge in [0.25, 0.3) is 5.91 Å². The van der Waals surface area contributed by atoms with Crippen molar-refractivity contribution in [1.82, 2.24) is 5.32 Å². The lowest BCUT2D eigenvalue weighted by atomic mass is 9.80. The molecule has 1 heterocycles. The summed E-state index contributed by atoms with van der Waals surface area (Å²) in [6.45, 7) is 2.02. The minimum Gasteiger partial charge on any atom is -0.376 e. The van der Waals surface area contributed by atoms with Crippen LogP contribution in [-0.4, -0.2) is 33.6 Å². The number of hydrogen-bond acceptors (Lipinski definition) is 5. The summed E-state index contributed by atoms with van der Waals surface area (Å²) in [4.78, 5) is 12.1. The van der Waals surface area contributed by atoms with Crippen LogP contribution in [0.2, 0.25) is 0 Å². The second kappa shape index (κ2) is 5.44. The highest BCUT2D eigenvalue weighted by atomic mass is 32.2. The van der Waals surface area contributed by atoms with Gasteiger partial charge in [-0.15, -0.1) is 11.3 Å². The van der Waals surface area contributed by atoms with Crippen LogP contribution in [0.25, 0.3) is 0 Å². The molecule has 1 fully saturated rings. The highest BCUT2D eigenvalue weighted by Crippen LogP contribution is 2.34. The average Bonchev–Trinajstić information content (AvgIpc) is 2.69. The lowest BCUT2D eigenvalue weighted by Crippen LogP contribution is -2.49. The van der Waals surface area contributed by atoms with E-state index in [1.807, 2.05) is 0 Å². The molecule has 0 radical (unpaired) electrons. The fourth-order valence-corrected chi connectivity index (χ4v) is 4.28. The summed E-state index contributed by atoms with van der Waals surface area (Å²) in [6, 6.07) is 0. The van der Waals surface area contributed by atoms with Crippen LogP contribution in [0.15, 0.2) is 9.59 Å². The first-order valence-corrected chi connectivity index (χ1v) is 8.66. The quantitative estimate of drug-likeness (QED) is 0.846. The van der Waals surface area contributed by atoms with Gasteiger partial charge in [0.05, 0.1) is 11.2 Å². The van der Waals surface area contributed by atoms with Crippen LogP contribution in [-0.2, 0) is 14.8 Å². The molecule has 8 heteroatoms. The largest absolute Gasteiger partial charge is 0.376 e. The number of carbonyl (C=O) groups is 1. The molecule has 0 saturated heterocycles. The number of hydrogen-bond donors (Lipinski definition) is 2. The number of methoxy groups -OCH3 is 1. The summed E-state index contributed by atoms with van der Waals surface area (Å²) in [5, 5.41) is 9.42. The zero-order chi connectivity index (χ0) is 15.0. The molecule has 2 rings (SSSR count). The van der Waals surface area contributed by atoms with Crippen molar-refractivity contribution in [2.75, 3.05) is 13.7 Å². The van der Waals surface area contributed by atoms with E-state index in [0.717, 1.165) is 30.6 Å². The van der Waals surface area contributed by atoms with Crippen molar-refractivity contribution in [2.24, 2.45) is 5.14 Å². The lowest BCUT2D eigenvalue weighted by molar-refractivity contribution is -0.0679. The van der Waals surface area contributed by atoms with E-state index >= 15 is 0 Å². The first-order valence-electron chi connectivity index (χ1n) is 6.23. The van der Waals surface area contributed by atoms with Gasteiger partial charge >= 0.3 is 0 Å². The maximum absolute atomic E-state index is 12.1. The molecule has 0 unspecified atom stereocenters. The number of nitrogens with one attached hydrogen (secondary N) is 1. The molecule has 1 amide bonds. The van der Waals surface area contributed by atoms with Crippen LogP contribution >= 0.6 is 11.3 Å². The monoisotopic (exact) mass is 318 g/mol. The van der Waals surface area contributed by atoms with E-state index in [4.69, 9.17) is 9.88 Å². The van der Waals surface area contributed by atoms with Gasteiger partial charge < -0.3 is 10.1 Å². The predicted octanol–water partition coefficient (Wildman–Crippen LogP) is 1.00. The SMILES string of the molecule is COC1(CNC(=O)c2csc(S(N)(=O)=O)c2C)CCC1. The Morgan fingerprint density at radius 2 is 2.20 bits per heavy atom. The number of amides is 1. The molecular weight excluding hydrogens is 300 g/mol. The summed E-state index contributed by atoms with van der Waals surface area (Å²) in [7, 11) is -2.13. The number of thiophene rings is 1. The molecule has 0 bridgehead atoms. The Hall–Kier alpha value is -0.960. The molecule has 112 valence electrons. The normalized spacial score (nSPS) is 17.6. The standard InChI is InChI=1S/C12H18N2O4S2/c1-8-9(6-19-11(8)20(13,16)17)10(15)14-7-12(18-2)4-3-5-12/h6H,3-5,7H2,1-2H3,(H,14,15)(H2,13,16,17). The van der Waals surface area contributed by atoms with E-state index in [0.29, 0.717) is 17.7 Å². The topological polar surface area (TPSA) is 98.5 Å². The van der Waals surface area contributed by atoms with Gasteiger partial charge in [-0.25, -0.2) is 13.6 Å². The third-order valence-electron chi connectivity index (χ3n) is 3.77. The molecular formula is C12H18N2O4S2. The van der Waals surface area contributed by atoms with Crippen LogP contribution < -0.4 is 10.5 Å². The van der Waals surface area contributed by atoms with Crippen LogP contribution in [0.1, 0.15) is 35.2 Å². The highest BCUT2D eigenvalue weighted by molar-refractivity contribution is 7.91. The molecule has 1 aromatic rings. The molecule has 1 aromatic heterocycles. The molecule has 3 N–H and O–H groups in total. The number of carbonyl (C=O) groups excluding carboxylic acids is 1. The first kappa shape index (κ1) is 15.4. The molecule has 6 nitrogen and oxygen atoms in total. The Kier molecular flexibility index (Phi) is 4.19. The summed E-state index contributed by atoms with van der Waals surface area (Å²) < 4.78 is 28.1. The second-order valence-corrected chi connectivity index (χ2v) is 7.67. The van der Waals surface area contributed by atoms with E-state index in [-0.39, 0.29) is 15.7 Å². The third-order valence-corrected chi connectivity index (χ3v) is 6.45. The number of rotatable bonds is 5. The van der Waals surface area contributed by atoms with Gasteiger partial charge in [-0.05, 0) is 31.7 Å². The second-order valence-electron chi connectivity index (χ2n) is 5.03. The number of primary sulfonamides is 1. The lowest BCUT2D eigenvalue weighted by Gasteiger charge is -2.40. The van der Waals surface area contributed by atoms with Crippen molar-refractivity contribution in [1.29, 1.82) is 0 Å². The molecule has 0 atom stereocenters. The van der Waals surface area contributed by atoms with Crippen molar-refractivity contribution in [3.05, 3.63) is 16.5 Å². The van der Waals surface area contributed by atoms with Crippen LogP contribution in [0.4, 0.5) is 0 Å². The maximum Gasteiger partial charge on any atom is 0.252 e. The summed E-state index contributed by atoms with van der Waals surface area (Å²) >= 11 is 0.965. The Morgan fingerprint density at radius 3 is 2.60 bits per heavy atom. The zero-order valence-electron chi connectivity index (χ0n) is 11.4. The zero-order valence-corrected chi connectivity index (χ0v) is 13.1. The van der Waals surface area contributed by atoms with Gasteiger partial charge in [0.15, 0.2) is 0 Å². The smallest absolute Gasteiger partial charge is 0.252 e. The Bertz CT molecular complexity index is 612. The molecule has 1 saturated carbocycles. The van der Waals surface area contributed by atoms with Gasteiger partial charge in [-0.2, -0.15) is 0 Å². The van der Waals surface area contributed by atoms with E-state index < -0.39 is 10.0 Å². The van der Waals surface area contributed by atoms with Gasteiger partial charge in [-0.3, -0.25) is 4.79 Å². The minimum atomic E-state index is -3.77. The van der Waals surface area contributed by atoms with Crippen LogP contribution in [0, 0.1) is 6.92 Å². The third kappa shape index (κ3) is 2.88. The number of sulfonamides is 1.